The van der Waals surface area contributed by atoms with Crippen LogP contribution < -0.4 is 5.32 Å². The number of nitriles is 1. The molecule has 0 radical (unpaired) electrons. The molecule has 0 spiro atoms. The minimum absolute atomic E-state index is 0.342. The van der Waals surface area contributed by atoms with Crippen LogP contribution in [-0.4, -0.2) is 0 Å². The van der Waals surface area contributed by atoms with Gasteiger partial charge in [0, 0.05) is 15.8 Å². The van der Waals surface area contributed by atoms with Gasteiger partial charge >= 0.3 is 0 Å². The lowest BCUT2D eigenvalue weighted by Gasteiger charge is -2.07. The van der Waals surface area contributed by atoms with Gasteiger partial charge in [-0.15, -0.1) is 0 Å². The maximum absolute atomic E-state index is 13.2. The van der Waals surface area contributed by atoms with E-state index in [1.54, 1.807) is 6.07 Å². The molecule has 0 aliphatic rings. The molecule has 0 aromatic heterocycles. The number of anilines is 1. The molecular formula is C14H10FIN2. The molecule has 0 unspecified atom stereocenters. The summed E-state index contributed by atoms with van der Waals surface area (Å²) in [7, 11) is 0. The molecule has 2 nitrogen and oxygen atoms in total. The molecule has 0 heterocycles. The smallest absolute Gasteiger partial charge is 0.124 e. The van der Waals surface area contributed by atoms with E-state index in [-0.39, 0.29) is 5.82 Å². The second kappa shape index (κ2) is 5.83. The lowest BCUT2D eigenvalue weighted by Crippen LogP contribution is -2.00. The number of rotatable bonds is 3. The van der Waals surface area contributed by atoms with E-state index in [1.807, 2.05) is 30.3 Å². The van der Waals surface area contributed by atoms with Crippen molar-refractivity contribution in [2.75, 3.05) is 5.32 Å². The van der Waals surface area contributed by atoms with Gasteiger partial charge in [-0.05, 0) is 64.6 Å². The summed E-state index contributed by atoms with van der Waals surface area (Å²) in [6.07, 6.45) is 0. The van der Waals surface area contributed by atoms with Crippen LogP contribution in [0.5, 0.6) is 0 Å². The molecule has 0 saturated heterocycles. The molecule has 0 aliphatic heterocycles. The zero-order valence-electron chi connectivity index (χ0n) is 9.45. The van der Waals surface area contributed by atoms with Crippen molar-refractivity contribution in [3.05, 3.63) is 63.0 Å². The molecule has 2 rings (SSSR count). The van der Waals surface area contributed by atoms with Crippen LogP contribution in [0.4, 0.5) is 10.1 Å². The molecule has 0 saturated carbocycles. The van der Waals surface area contributed by atoms with E-state index in [0.717, 1.165) is 14.8 Å². The first kappa shape index (κ1) is 12.8. The summed E-state index contributed by atoms with van der Waals surface area (Å²) in [5.41, 5.74) is 2.07. The Morgan fingerprint density at radius 1 is 1.22 bits per heavy atom. The topological polar surface area (TPSA) is 35.8 Å². The van der Waals surface area contributed by atoms with Gasteiger partial charge < -0.3 is 5.32 Å². The normalized spacial score (nSPS) is 9.83. The van der Waals surface area contributed by atoms with Crippen molar-refractivity contribution in [3.63, 3.8) is 0 Å². The Morgan fingerprint density at radius 2 is 2.06 bits per heavy atom. The monoisotopic (exact) mass is 352 g/mol. The summed E-state index contributed by atoms with van der Waals surface area (Å²) in [4.78, 5) is 0. The van der Waals surface area contributed by atoms with Crippen LogP contribution in [-0.2, 0) is 6.54 Å². The lowest BCUT2D eigenvalue weighted by atomic mass is 10.1. The molecule has 4 heteroatoms. The summed E-state index contributed by atoms with van der Waals surface area (Å²) in [5.74, 6) is -0.381. The predicted molar refractivity (Wildman–Crippen MR) is 77.6 cm³/mol. The van der Waals surface area contributed by atoms with E-state index in [4.69, 9.17) is 5.26 Å². The Bertz CT molecular complexity index is 605. The van der Waals surface area contributed by atoms with Gasteiger partial charge in [-0.2, -0.15) is 5.26 Å². The highest BCUT2D eigenvalue weighted by molar-refractivity contribution is 14.1. The average Bonchev–Trinajstić information content (AvgIpc) is 2.36. The highest BCUT2D eigenvalue weighted by atomic mass is 127. The Labute approximate surface area is 119 Å². The molecule has 0 fully saturated rings. The van der Waals surface area contributed by atoms with Gasteiger partial charge in [0.2, 0.25) is 0 Å². The second-order valence-corrected chi connectivity index (χ2v) is 5.07. The Balaban J connectivity index is 2.11. The largest absolute Gasteiger partial charge is 0.381 e. The molecule has 1 N–H and O–H groups in total. The zero-order valence-corrected chi connectivity index (χ0v) is 11.6. The van der Waals surface area contributed by atoms with E-state index in [0.29, 0.717) is 12.1 Å². The van der Waals surface area contributed by atoms with E-state index in [9.17, 15) is 4.39 Å². The summed E-state index contributed by atoms with van der Waals surface area (Å²) < 4.78 is 14.4. The highest BCUT2D eigenvalue weighted by Gasteiger charge is 2.01. The Kier molecular flexibility index (Phi) is 4.15. The van der Waals surface area contributed by atoms with Gasteiger partial charge in [-0.3, -0.25) is 0 Å². The summed E-state index contributed by atoms with van der Waals surface area (Å²) in [5, 5.41) is 12.0. The molecule has 2 aromatic rings. The minimum atomic E-state index is -0.381. The van der Waals surface area contributed by atoms with Crippen molar-refractivity contribution in [3.8, 4) is 6.07 Å². The van der Waals surface area contributed by atoms with Crippen LogP contribution in [0, 0.1) is 20.7 Å². The van der Waals surface area contributed by atoms with Crippen LogP contribution in [0.25, 0.3) is 0 Å². The van der Waals surface area contributed by atoms with Gasteiger partial charge in [0.15, 0.2) is 0 Å². The van der Waals surface area contributed by atoms with Crippen molar-refractivity contribution < 1.29 is 4.39 Å². The van der Waals surface area contributed by atoms with Crippen LogP contribution in [0.15, 0.2) is 42.5 Å². The lowest BCUT2D eigenvalue weighted by molar-refractivity contribution is 0.625. The SMILES string of the molecule is N#Cc1cc(F)cc(CNc2cccc(I)c2)c1. The van der Waals surface area contributed by atoms with Gasteiger partial charge in [-0.1, -0.05) is 6.07 Å². The second-order valence-electron chi connectivity index (χ2n) is 3.82. The fourth-order valence-electron chi connectivity index (χ4n) is 1.62. The van der Waals surface area contributed by atoms with Crippen molar-refractivity contribution in [2.45, 2.75) is 6.54 Å². The standard InChI is InChI=1S/C14H10FIN2/c15-12-5-10(8-17)4-11(6-12)9-18-14-3-1-2-13(16)7-14/h1-7,18H,9H2. The van der Waals surface area contributed by atoms with Crippen LogP contribution in [0.3, 0.4) is 0 Å². The molecule has 2 aromatic carbocycles. The third-order valence-electron chi connectivity index (χ3n) is 2.41. The first-order chi connectivity index (χ1) is 8.67. The first-order valence-electron chi connectivity index (χ1n) is 5.36. The summed E-state index contributed by atoms with van der Waals surface area (Å²) in [6.45, 7) is 0.493. The fraction of sp³-hybridized carbons (Fsp3) is 0.0714. The number of hydrogen-bond acceptors (Lipinski definition) is 2. The van der Waals surface area contributed by atoms with Crippen LogP contribution >= 0.6 is 22.6 Å². The van der Waals surface area contributed by atoms with Crippen molar-refractivity contribution in [1.82, 2.24) is 0 Å². The molecule has 90 valence electrons. The summed E-state index contributed by atoms with van der Waals surface area (Å²) >= 11 is 2.23. The number of nitrogens with one attached hydrogen (secondary N) is 1. The van der Waals surface area contributed by atoms with Crippen molar-refractivity contribution in [1.29, 1.82) is 5.26 Å². The fourth-order valence-corrected chi connectivity index (χ4v) is 2.16. The van der Waals surface area contributed by atoms with E-state index < -0.39 is 0 Å². The highest BCUT2D eigenvalue weighted by Crippen LogP contribution is 2.15. The molecule has 0 aliphatic carbocycles. The Hall–Kier alpha value is -1.61. The third kappa shape index (κ3) is 3.44. The Morgan fingerprint density at radius 3 is 2.78 bits per heavy atom. The van der Waals surface area contributed by atoms with Crippen LogP contribution in [0.2, 0.25) is 0 Å². The van der Waals surface area contributed by atoms with Gasteiger partial charge in [0.25, 0.3) is 0 Å². The van der Waals surface area contributed by atoms with Crippen molar-refractivity contribution >= 4 is 28.3 Å². The van der Waals surface area contributed by atoms with E-state index in [1.165, 1.54) is 12.1 Å². The van der Waals surface area contributed by atoms with E-state index in [2.05, 4.69) is 27.9 Å². The first-order valence-corrected chi connectivity index (χ1v) is 6.44. The maximum Gasteiger partial charge on any atom is 0.124 e. The number of halogens is 2. The van der Waals surface area contributed by atoms with E-state index >= 15 is 0 Å². The average molecular weight is 352 g/mol. The van der Waals surface area contributed by atoms with Crippen molar-refractivity contribution in [2.24, 2.45) is 0 Å². The van der Waals surface area contributed by atoms with Gasteiger partial charge in [0.05, 0.1) is 11.6 Å². The predicted octanol–water partition coefficient (Wildman–Crippen LogP) is 3.91. The maximum atomic E-state index is 13.2. The van der Waals surface area contributed by atoms with Gasteiger partial charge in [-0.25, -0.2) is 4.39 Å². The summed E-state index contributed by atoms with van der Waals surface area (Å²) in [6, 6.07) is 14.2. The number of hydrogen-bond donors (Lipinski definition) is 1. The molecule has 0 bridgehead atoms. The molecule has 18 heavy (non-hydrogen) atoms. The van der Waals surface area contributed by atoms with Gasteiger partial charge in [0.1, 0.15) is 5.82 Å². The zero-order chi connectivity index (χ0) is 13.0. The number of nitrogens with zero attached hydrogens (tertiary/aromatic N) is 1. The molecular weight excluding hydrogens is 342 g/mol. The van der Waals surface area contributed by atoms with Crippen LogP contribution in [0.1, 0.15) is 11.1 Å². The third-order valence-corrected chi connectivity index (χ3v) is 3.08. The quantitative estimate of drug-likeness (QED) is 0.851. The number of benzene rings is 2. The molecule has 0 amide bonds. The minimum Gasteiger partial charge on any atom is -0.381 e. The molecule has 0 atom stereocenters.